The molecule has 0 saturated heterocycles. The van der Waals surface area contributed by atoms with Crippen molar-refractivity contribution in [3.8, 4) is 0 Å². The number of nitrogens with one attached hydrogen (secondary N) is 2. The summed E-state index contributed by atoms with van der Waals surface area (Å²) < 4.78 is 0. The number of pyridine rings is 1. The second-order valence-electron chi connectivity index (χ2n) is 4.34. The van der Waals surface area contributed by atoms with Crippen molar-refractivity contribution in [2.24, 2.45) is 0 Å². The van der Waals surface area contributed by atoms with Gasteiger partial charge in [0, 0.05) is 12.6 Å². The van der Waals surface area contributed by atoms with Crippen LogP contribution >= 0.6 is 11.6 Å². The number of nitrogens with zero attached hydrogens (tertiary/aromatic N) is 1. The van der Waals surface area contributed by atoms with Crippen LogP contribution in [0.3, 0.4) is 0 Å². The monoisotopic (exact) mass is 269 g/mol. The molecule has 0 unspecified atom stereocenters. The van der Waals surface area contributed by atoms with Crippen LogP contribution in [0.2, 0.25) is 5.02 Å². The lowest BCUT2D eigenvalue weighted by Crippen LogP contribution is -2.20. The largest absolute Gasteiger partial charge is 0.476 e. The molecule has 1 saturated carbocycles. The van der Waals surface area contributed by atoms with Crippen LogP contribution in [-0.2, 0) is 0 Å². The summed E-state index contributed by atoms with van der Waals surface area (Å²) in [6, 6.07) is 3.95. The quantitative estimate of drug-likeness (QED) is 0.660. The predicted molar refractivity (Wildman–Crippen MR) is 70.3 cm³/mol. The fraction of sp³-hybridized carbons (Fsp3) is 0.500. The van der Waals surface area contributed by atoms with Crippen molar-refractivity contribution in [3.63, 3.8) is 0 Å². The van der Waals surface area contributed by atoms with Gasteiger partial charge in [-0.25, -0.2) is 9.78 Å². The molecule has 98 valence electrons. The number of carbonyl (C=O) groups is 1. The van der Waals surface area contributed by atoms with E-state index in [1.807, 2.05) is 0 Å². The fourth-order valence-corrected chi connectivity index (χ4v) is 1.78. The maximum absolute atomic E-state index is 10.8. The first-order valence-corrected chi connectivity index (χ1v) is 6.41. The molecule has 1 aromatic heterocycles. The minimum Gasteiger partial charge on any atom is -0.476 e. The molecule has 0 amide bonds. The zero-order valence-electron chi connectivity index (χ0n) is 9.95. The Labute approximate surface area is 111 Å². The molecule has 1 heterocycles. The van der Waals surface area contributed by atoms with Crippen LogP contribution in [0.5, 0.6) is 0 Å². The van der Waals surface area contributed by atoms with E-state index in [1.54, 1.807) is 12.1 Å². The summed E-state index contributed by atoms with van der Waals surface area (Å²) in [5, 5.41) is 15.5. The van der Waals surface area contributed by atoms with Gasteiger partial charge in [0.1, 0.15) is 5.82 Å². The smallest absolute Gasteiger partial charge is 0.356 e. The Kier molecular flexibility index (Phi) is 4.38. The molecule has 18 heavy (non-hydrogen) atoms. The number of aromatic nitrogens is 1. The summed E-state index contributed by atoms with van der Waals surface area (Å²) >= 11 is 5.74. The predicted octanol–water partition coefficient (Wildman–Crippen LogP) is 1.99. The van der Waals surface area contributed by atoms with Crippen LogP contribution in [0, 0.1) is 0 Å². The minimum absolute atomic E-state index is 0.113. The van der Waals surface area contributed by atoms with Crippen LogP contribution in [-0.4, -0.2) is 35.2 Å². The van der Waals surface area contributed by atoms with Gasteiger partial charge in [0.15, 0.2) is 5.69 Å². The molecular formula is C12H16ClN3O2. The number of anilines is 1. The summed E-state index contributed by atoms with van der Waals surface area (Å²) in [7, 11) is 0. The van der Waals surface area contributed by atoms with Crippen LogP contribution in [0.25, 0.3) is 0 Å². The number of rotatable bonds is 7. The van der Waals surface area contributed by atoms with Gasteiger partial charge in [-0.3, -0.25) is 0 Å². The molecule has 0 spiro atoms. The van der Waals surface area contributed by atoms with Gasteiger partial charge in [-0.15, -0.1) is 0 Å². The third-order valence-corrected chi connectivity index (χ3v) is 3.02. The molecular weight excluding hydrogens is 254 g/mol. The van der Waals surface area contributed by atoms with E-state index in [-0.39, 0.29) is 10.7 Å². The van der Waals surface area contributed by atoms with Gasteiger partial charge in [0.25, 0.3) is 0 Å². The van der Waals surface area contributed by atoms with Gasteiger partial charge in [-0.1, -0.05) is 11.6 Å². The Morgan fingerprint density at radius 2 is 2.22 bits per heavy atom. The van der Waals surface area contributed by atoms with E-state index in [2.05, 4.69) is 15.6 Å². The molecule has 0 aromatic carbocycles. The zero-order chi connectivity index (χ0) is 13.0. The molecule has 1 fully saturated rings. The third kappa shape index (κ3) is 3.85. The van der Waals surface area contributed by atoms with Crippen molar-refractivity contribution in [1.82, 2.24) is 10.3 Å². The summed E-state index contributed by atoms with van der Waals surface area (Å²) in [5.41, 5.74) is -0.113. The van der Waals surface area contributed by atoms with Crippen molar-refractivity contribution in [2.75, 3.05) is 18.4 Å². The lowest BCUT2D eigenvalue weighted by atomic mass is 10.3. The van der Waals surface area contributed by atoms with Gasteiger partial charge in [0.05, 0.1) is 5.02 Å². The fourth-order valence-electron chi connectivity index (χ4n) is 1.59. The topological polar surface area (TPSA) is 74.2 Å². The highest BCUT2D eigenvalue weighted by Gasteiger charge is 2.19. The lowest BCUT2D eigenvalue weighted by molar-refractivity contribution is 0.0691. The summed E-state index contributed by atoms with van der Waals surface area (Å²) in [4.78, 5) is 14.8. The van der Waals surface area contributed by atoms with Gasteiger partial charge >= 0.3 is 5.97 Å². The highest BCUT2D eigenvalue weighted by Crippen LogP contribution is 2.18. The molecule has 0 bridgehead atoms. The van der Waals surface area contributed by atoms with Crippen molar-refractivity contribution >= 4 is 23.4 Å². The van der Waals surface area contributed by atoms with Crippen LogP contribution in [0.15, 0.2) is 12.1 Å². The Morgan fingerprint density at radius 1 is 1.44 bits per heavy atom. The molecule has 0 radical (unpaired) electrons. The van der Waals surface area contributed by atoms with Gasteiger partial charge in [-0.2, -0.15) is 0 Å². The summed E-state index contributed by atoms with van der Waals surface area (Å²) in [6.07, 6.45) is 3.55. The first-order chi connectivity index (χ1) is 8.66. The third-order valence-electron chi connectivity index (χ3n) is 2.72. The van der Waals surface area contributed by atoms with Gasteiger partial charge in [-0.05, 0) is 37.9 Å². The molecule has 1 aliphatic carbocycles. The minimum atomic E-state index is -1.11. The number of carboxylic acid groups (broad SMARTS) is 1. The Morgan fingerprint density at radius 3 is 2.89 bits per heavy atom. The first kappa shape index (κ1) is 13.1. The van der Waals surface area contributed by atoms with E-state index in [0.29, 0.717) is 5.82 Å². The molecule has 5 nitrogen and oxygen atoms in total. The van der Waals surface area contributed by atoms with E-state index < -0.39 is 5.97 Å². The number of aromatic carboxylic acids is 1. The Bertz CT molecular complexity index is 435. The molecule has 6 heteroatoms. The number of hydrogen-bond acceptors (Lipinski definition) is 4. The zero-order valence-corrected chi connectivity index (χ0v) is 10.7. The van der Waals surface area contributed by atoms with E-state index >= 15 is 0 Å². The Hall–Kier alpha value is -1.33. The van der Waals surface area contributed by atoms with Crippen LogP contribution in [0.4, 0.5) is 5.82 Å². The summed E-state index contributed by atoms with van der Waals surface area (Å²) in [5.74, 6) is -0.567. The van der Waals surface area contributed by atoms with Crippen LogP contribution in [0.1, 0.15) is 29.8 Å². The second kappa shape index (κ2) is 6.02. The average molecular weight is 270 g/mol. The average Bonchev–Trinajstić information content (AvgIpc) is 3.14. The first-order valence-electron chi connectivity index (χ1n) is 6.04. The molecule has 3 N–H and O–H groups in total. The van der Waals surface area contributed by atoms with E-state index in [1.165, 1.54) is 12.8 Å². The number of halogens is 1. The SMILES string of the molecule is O=C(O)c1nc(NCCCNC2CC2)ccc1Cl. The highest BCUT2D eigenvalue weighted by molar-refractivity contribution is 6.33. The highest BCUT2D eigenvalue weighted by atomic mass is 35.5. The van der Waals surface area contributed by atoms with E-state index in [0.717, 1.165) is 25.6 Å². The summed E-state index contributed by atoms with van der Waals surface area (Å²) in [6.45, 7) is 1.73. The van der Waals surface area contributed by atoms with Crippen LogP contribution < -0.4 is 10.6 Å². The molecule has 0 aliphatic heterocycles. The second-order valence-corrected chi connectivity index (χ2v) is 4.75. The molecule has 2 rings (SSSR count). The van der Waals surface area contributed by atoms with Gasteiger partial charge in [0.2, 0.25) is 0 Å². The standard InChI is InChI=1S/C12H16ClN3O2/c13-9-4-5-10(16-11(9)12(17)18)15-7-1-6-14-8-2-3-8/h4-5,8,14H,1-3,6-7H2,(H,15,16)(H,17,18). The maximum atomic E-state index is 10.8. The van der Waals surface area contributed by atoms with Crippen molar-refractivity contribution < 1.29 is 9.90 Å². The van der Waals surface area contributed by atoms with Gasteiger partial charge < -0.3 is 15.7 Å². The molecule has 1 aromatic rings. The van der Waals surface area contributed by atoms with Crippen molar-refractivity contribution in [3.05, 3.63) is 22.8 Å². The van der Waals surface area contributed by atoms with E-state index in [9.17, 15) is 4.79 Å². The lowest BCUT2D eigenvalue weighted by Gasteiger charge is -2.07. The number of hydrogen-bond donors (Lipinski definition) is 3. The Balaban J connectivity index is 1.77. The molecule has 1 aliphatic rings. The normalized spacial score (nSPS) is 14.5. The van der Waals surface area contributed by atoms with Crippen molar-refractivity contribution in [2.45, 2.75) is 25.3 Å². The molecule has 0 atom stereocenters. The van der Waals surface area contributed by atoms with Crippen molar-refractivity contribution in [1.29, 1.82) is 0 Å². The van der Waals surface area contributed by atoms with E-state index in [4.69, 9.17) is 16.7 Å². The number of carboxylic acids is 1. The maximum Gasteiger partial charge on any atom is 0.356 e.